The molecule has 2 rings (SSSR count). The lowest BCUT2D eigenvalue weighted by atomic mass is 9.81. The van der Waals surface area contributed by atoms with E-state index in [2.05, 4.69) is 52.2 Å². The summed E-state index contributed by atoms with van der Waals surface area (Å²) in [6, 6.07) is 6.87. The van der Waals surface area contributed by atoms with Gasteiger partial charge in [-0.3, -0.25) is 0 Å². The van der Waals surface area contributed by atoms with Gasteiger partial charge in [0.2, 0.25) is 0 Å². The maximum Gasteiger partial charge on any atom is 0.110 e. The zero-order valence-electron chi connectivity index (χ0n) is 9.87. The van der Waals surface area contributed by atoms with Gasteiger partial charge in [-0.05, 0) is 39.7 Å². The van der Waals surface area contributed by atoms with Gasteiger partial charge >= 0.3 is 0 Å². The second-order valence-corrected chi connectivity index (χ2v) is 5.63. The standard InChI is InChI=1S/C13H17BS/c1-8(2)10-4-5-11(9(3)14)13-12(10)6-7-15-13/h4-9H,14H2,1-3H3. The third-order valence-corrected chi connectivity index (χ3v) is 3.89. The van der Waals surface area contributed by atoms with Gasteiger partial charge in [-0.25, -0.2) is 0 Å². The Morgan fingerprint density at radius 2 is 1.73 bits per heavy atom. The number of thiophene rings is 1. The van der Waals surface area contributed by atoms with Crippen molar-refractivity contribution in [1.82, 2.24) is 0 Å². The Morgan fingerprint density at radius 3 is 2.33 bits per heavy atom. The van der Waals surface area contributed by atoms with Crippen molar-refractivity contribution in [2.45, 2.75) is 32.5 Å². The highest BCUT2D eigenvalue weighted by Gasteiger charge is 2.11. The van der Waals surface area contributed by atoms with Crippen LogP contribution in [0.3, 0.4) is 0 Å². The highest BCUT2D eigenvalue weighted by atomic mass is 32.1. The number of fused-ring (bicyclic) bond motifs is 1. The summed E-state index contributed by atoms with van der Waals surface area (Å²) in [5.74, 6) is 1.23. The number of benzene rings is 1. The molecular weight excluding hydrogens is 199 g/mol. The van der Waals surface area contributed by atoms with Crippen molar-refractivity contribution in [3.05, 3.63) is 34.7 Å². The van der Waals surface area contributed by atoms with E-state index in [0.29, 0.717) is 11.7 Å². The molecule has 2 heteroatoms. The Kier molecular flexibility index (Phi) is 2.88. The van der Waals surface area contributed by atoms with Gasteiger partial charge in [-0.15, -0.1) is 11.3 Å². The highest BCUT2D eigenvalue weighted by molar-refractivity contribution is 7.17. The molecule has 78 valence electrons. The second-order valence-electron chi connectivity index (χ2n) is 4.72. The van der Waals surface area contributed by atoms with E-state index in [1.54, 1.807) is 0 Å². The summed E-state index contributed by atoms with van der Waals surface area (Å²) in [4.78, 5) is 0. The average Bonchev–Trinajstić information content (AvgIpc) is 2.63. The van der Waals surface area contributed by atoms with E-state index in [4.69, 9.17) is 0 Å². The Hall–Kier alpha value is -0.755. The van der Waals surface area contributed by atoms with Crippen LogP contribution < -0.4 is 0 Å². The first kappa shape index (κ1) is 10.8. The number of hydrogen-bond donors (Lipinski definition) is 0. The van der Waals surface area contributed by atoms with Crippen LogP contribution in [0.15, 0.2) is 23.6 Å². The lowest BCUT2D eigenvalue weighted by Crippen LogP contribution is -1.95. The van der Waals surface area contributed by atoms with Crippen LogP contribution in [0.5, 0.6) is 0 Å². The molecule has 1 atom stereocenters. The van der Waals surface area contributed by atoms with Crippen LogP contribution in [-0.2, 0) is 0 Å². The van der Waals surface area contributed by atoms with E-state index in [0.717, 1.165) is 0 Å². The summed E-state index contributed by atoms with van der Waals surface area (Å²) < 4.78 is 1.48. The molecule has 1 aromatic carbocycles. The molecule has 1 unspecified atom stereocenters. The third-order valence-electron chi connectivity index (χ3n) is 2.92. The zero-order valence-corrected chi connectivity index (χ0v) is 10.7. The Balaban J connectivity index is 2.71. The largest absolute Gasteiger partial charge is 0.144 e. The smallest absolute Gasteiger partial charge is 0.110 e. The first-order chi connectivity index (χ1) is 7.11. The van der Waals surface area contributed by atoms with Gasteiger partial charge < -0.3 is 0 Å². The maximum absolute atomic E-state index is 2.30. The van der Waals surface area contributed by atoms with Gasteiger partial charge in [-0.2, -0.15) is 0 Å². The fourth-order valence-corrected chi connectivity index (χ4v) is 3.16. The van der Waals surface area contributed by atoms with Gasteiger partial charge in [0.1, 0.15) is 7.85 Å². The molecule has 0 aliphatic carbocycles. The van der Waals surface area contributed by atoms with Gasteiger partial charge in [0, 0.05) is 4.70 Å². The highest BCUT2D eigenvalue weighted by Crippen LogP contribution is 2.34. The molecule has 0 spiro atoms. The molecule has 1 aromatic heterocycles. The predicted octanol–water partition coefficient (Wildman–Crippen LogP) is 3.72. The quantitative estimate of drug-likeness (QED) is 0.671. The minimum atomic E-state index is 0.614. The minimum Gasteiger partial charge on any atom is -0.144 e. The number of rotatable bonds is 2. The van der Waals surface area contributed by atoms with Crippen LogP contribution in [0, 0.1) is 0 Å². The van der Waals surface area contributed by atoms with E-state index in [1.807, 2.05) is 11.3 Å². The summed E-state index contributed by atoms with van der Waals surface area (Å²) in [6.07, 6.45) is 0. The van der Waals surface area contributed by atoms with E-state index in [9.17, 15) is 0 Å². The Bertz CT molecular complexity index is 426. The fourth-order valence-electron chi connectivity index (χ4n) is 2.06. The van der Waals surface area contributed by atoms with E-state index >= 15 is 0 Å². The van der Waals surface area contributed by atoms with E-state index in [1.165, 1.54) is 21.2 Å². The lowest BCUT2D eigenvalue weighted by Gasteiger charge is -2.12. The average molecular weight is 216 g/mol. The minimum absolute atomic E-state index is 0.614. The first-order valence-electron chi connectivity index (χ1n) is 5.61. The lowest BCUT2D eigenvalue weighted by molar-refractivity contribution is 0.875. The molecule has 0 radical (unpaired) electrons. The van der Waals surface area contributed by atoms with Crippen LogP contribution in [-0.4, -0.2) is 7.85 Å². The zero-order chi connectivity index (χ0) is 11.0. The third kappa shape index (κ3) is 1.83. The Labute approximate surface area is 96.7 Å². The van der Waals surface area contributed by atoms with Crippen molar-refractivity contribution >= 4 is 29.3 Å². The first-order valence-corrected chi connectivity index (χ1v) is 6.49. The van der Waals surface area contributed by atoms with Crippen LogP contribution in [0.25, 0.3) is 10.1 Å². The van der Waals surface area contributed by atoms with Gasteiger partial charge in [0.05, 0.1) is 0 Å². The molecule has 0 amide bonds. The molecular formula is C13H17BS. The summed E-state index contributed by atoms with van der Waals surface area (Å²) in [7, 11) is 2.27. The van der Waals surface area contributed by atoms with E-state index < -0.39 is 0 Å². The molecule has 15 heavy (non-hydrogen) atoms. The van der Waals surface area contributed by atoms with Crippen molar-refractivity contribution in [3.8, 4) is 0 Å². The monoisotopic (exact) mass is 216 g/mol. The van der Waals surface area contributed by atoms with Crippen molar-refractivity contribution < 1.29 is 0 Å². The van der Waals surface area contributed by atoms with Crippen molar-refractivity contribution in [2.75, 3.05) is 0 Å². The maximum atomic E-state index is 2.30. The Morgan fingerprint density at radius 1 is 1.07 bits per heavy atom. The molecule has 0 saturated heterocycles. The van der Waals surface area contributed by atoms with Crippen LogP contribution in [0.4, 0.5) is 0 Å². The normalized spacial score (nSPS) is 13.6. The number of hydrogen-bond acceptors (Lipinski definition) is 1. The molecule has 0 nitrogen and oxygen atoms in total. The summed E-state index contributed by atoms with van der Waals surface area (Å²) in [5.41, 5.74) is 2.97. The molecule has 0 bridgehead atoms. The molecule has 2 aromatic rings. The molecule has 0 N–H and O–H groups in total. The molecule has 0 aliphatic rings. The van der Waals surface area contributed by atoms with E-state index in [-0.39, 0.29) is 0 Å². The SMILES string of the molecule is BC(C)c1ccc(C(C)C)c2ccsc12. The van der Waals surface area contributed by atoms with Gasteiger partial charge in [0.25, 0.3) is 0 Å². The second kappa shape index (κ2) is 4.01. The molecule has 1 heterocycles. The van der Waals surface area contributed by atoms with Crippen molar-refractivity contribution in [3.63, 3.8) is 0 Å². The molecule has 0 fully saturated rings. The van der Waals surface area contributed by atoms with Crippen molar-refractivity contribution in [1.29, 1.82) is 0 Å². The van der Waals surface area contributed by atoms with Crippen LogP contribution >= 0.6 is 11.3 Å². The molecule has 0 aliphatic heterocycles. The fraction of sp³-hybridized carbons (Fsp3) is 0.385. The summed E-state index contributed by atoms with van der Waals surface area (Å²) >= 11 is 1.87. The van der Waals surface area contributed by atoms with Gasteiger partial charge in [-0.1, -0.05) is 32.9 Å². The van der Waals surface area contributed by atoms with Gasteiger partial charge in [0.15, 0.2) is 0 Å². The van der Waals surface area contributed by atoms with Crippen molar-refractivity contribution in [2.24, 2.45) is 0 Å². The van der Waals surface area contributed by atoms with Crippen LogP contribution in [0.1, 0.15) is 43.6 Å². The predicted molar refractivity (Wildman–Crippen MR) is 72.9 cm³/mol. The van der Waals surface area contributed by atoms with Crippen LogP contribution in [0.2, 0.25) is 0 Å². The summed E-state index contributed by atoms with van der Waals surface area (Å²) in [5, 5.41) is 3.67. The molecule has 0 saturated carbocycles. The summed E-state index contributed by atoms with van der Waals surface area (Å²) in [6.45, 7) is 6.80. The topological polar surface area (TPSA) is 0 Å².